The minimum atomic E-state index is 0.0250. The van der Waals surface area contributed by atoms with Gasteiger partial charge in [-0.15, -0.1) is 0 Å². The lowest BCUT2D eigenvalue weighted by molar-refractivity contribution is 0.415. The van der Waals surface area contributed by atoms with Crippen molar-refractivity contribution in [1.82, 2.24) is 0 Å². The fourth-order valence-corrected chi connectivity index (χ4v) is 1.32. The average molecular weight is 193 g/mol. The van der Waals surface area contributed by atoms with Crippen LogP contribution in [0.2, 0.25) is 0 Å². The summed E-state index contributed by atoms with van der Waals surface area (Å²) in [4.78, 5) is 1.68. The van der Waals surface area contributed by atoms with E-state index < -0.39 is 0 Å². The zero-order valence-electron chi connectivity index (χ0n) is 8.45. The molecular formula is C10H15N3O. The molecule has 0 atom stereocenters. The topological polar surface area (TPSA) is 62.3 Å². The number of para-hydroxylation sites is 2. The van der Waals surface area contributed by atoms with Crippen LogP contribution in [0.4, 0.5) is 5.69 Å². The van der Waals surface area contributed by atoms with E-state index in [1.807, 2.05) is 31.2 Å². The van der Waals surface area contributed by atoms with E-state index in [0.29, 0.717) is 6.54 Å². The number of methoxy groups -OCH3 is 1. The Morgan fingerprint density at radius 2 is 2.14 bits per heavy atom. The normalized spacial score (nSPS) is 9.57. The van der Waals surface area contributed by atoms with Gasteiger partial charge in [-0.1, -0.05) is 12.1 Å². The zero-order chi connectivity index (χ0) is 10.6. The van der Waals surface area contributed by atoms with Crippen LogP contribution in [0.25, 0.3) is 0 Å². The fraction of sp³-hybridized carbons (Fsp3) is 0.300. The van der Waals surface area contributed by atoms with Crippen molar-refractivity contribution < 1.29 is 4.74 Å². The van der Waals surface area contributed by atoms with Gasteiger partial charge in [-0.3, -0.25) is 5.41 Å². The summed E-state index contributed by atoms with van der Waals surface area (Å²) in [6.45, 7) is 2.59. The number of nitrogens with one attached hydrogen (secondary N) is 1. The van der Waals surface area contributed by atoms with Crippen molar-refractivity contribution in [3.05, 3.63) is 24.3 Å². The molecule has 4 heteroatoms. The third kappa shape index (κ3) is 1.96. The minimum Gasteiger partial charge on any atom is -0.495 e. The molecule has 0 saturated heterocycles. The molecule has 0 unspecified atom stereocenters. The second-order valence-electron chi connectivity index (χ2n) is 2.80. The van der Waals surface area contributed by atoms with Crippen LogP contribution in [0.15, 0.2) is 24.3 Å². The lowest BCUT2D eigenvalue weighted by Crippen LogP contribution is -2.36. The van der Waals surface area contributed by atoms with E-state index in [2.05, 4.69) is 0 Å². The molecule has 76 valence electrons. The van der Waals surface area contributed by atoms with Gasteiger partial charge in [0.15, 0.2) is 5.96 Å². The van der Waals surface area contributed by atoms with Crippen molar-refractivity contribution in [3.8, 4) is 5.75 Å². The maximum Gasteiger partial charge on any atom is 0.193 e. The molecule has 0 amide bonds. The van der Waals surface area contributed by atoms with Gasteiger partial charge in [0, 0.05) is 6.54 Å². The molecule has 14 heavy (non-hydrogen) atoms. The van der Waals surface area contributed by atoms with Crippen molar-refractivity contribution in [2.24, 2.45) is 5.73 Å². The van der Waals surface area contributed by atoms with Crippen molar-refractivity contribution in [2.75, 3.05) is 18.6 Å². The Bertz CT molecular complexity index is 325. The number of anilines is 1. The molecule has 1 aromatic rings. The molecule has 0 saturated carbocycles. The first-order valence-corrected chi connectivity index (χ1v) is 4.45. The SMILES string of the molecule is CCN(C(=N)N)c1ccccc1OC. The molecular weight excluding hydrogens is 178 g/mol. The molecule has 1 aromatic carbocycles. The molecule has 0 bridgehead atoms. The number of ether oxygens (including phenoxy) is 1. The Morgan fingerprint density at radius 1 is 1.50 bits per heavy atom. The molecule has 0 aliphatic carbocycles. The molecule has 0 radical (unpaired) electrons. The molecule has 3 N–H and O–H groups in total. The Kier molecular flexibility index (Phi) is 3.34. The highest BCUT2D eigenvalue weighted by atomic mass is 16.5. The molecule has 0 aliphatic heterocycles. The van der Waals surface area contributed by atoms with Gasteiger partial charge >= 0.3 is 0 Å². The predicted molar refractivity (Wildman–Crippen MR) is 57.9 cm³/mol. The second kappa shape index (κ2) is 4.50. The maximum atomic E-state index is 7.41. The molecule has 4 nitrogen and oxygen atoms in total. The minimum absolute atomic E-state index is 0.0250. The summed E-state index contributed by atoms with van der Waals surface area (Å²) in [6, 6.07) is 7.50. The number of hydrogen-bond donors (Lipinski definition) is 2. The largest absolute Gasteiger partial charge is 0.495 e. The monoisotopic (exact) mass is 193 g/mol. The van der Waals surface area contributed by atoms with Crippen LogP contribution in [0.5, 0.6) is 5.75 Å². The van der Waals surface area contributed by atoms with Crippen molar-refractivity contribution in [3.63, 3.8) is 0 Å². The molecule has 0 heterocycles. The Morgan fingerprint density at radius 3 is 2.64 bits per heavy atom. The van der Waals surface area contributed by atoms with Gasteiger partial charge in [0.1, 0.15) is 5.75 Å². The molecule has 0 aliphatic rings. The van der Waals surface area contributed by atoms with E-state index in [4.69, 9.17) is 15.9 Å². The summed E-state index contributed by atoms with van der Waals surface area (Å²) in [7, 11) is 1.60. The van der Waals surface area contributed by atoms with Gasteiger partial charge in [0.25, 0.3) is 0 Å². The number of rotatable bonds is 3. The number of guanidine groups is 1. The summed E-state index contributed by atoms with van der Waals surface area (Å²) in [5.41, 5.74) is 6.28. The van der Waals surface area contributed by atoms with E-state index in [0.717, 1.165) is 11.4 Å². The first kappa shape index (κ1) is 10.4. The Labute approximate surface area is 83.8 Å². The van der Waals surface area contributed by atoms with Crippen LogP contribution >= 0.6 is 0 Å². The Hall–Kier alpha value is -1.71. The number of hydrogen-bond acceptors (Lipinski definition) is 2. The van der Waals surface area contributed by atoms with Crippen LogP contribution in [-0.4, -0.2) is 19.6 Å². The lowest BCUT2D eigenvalue weighted by Gasteiger charge is -2.22. The van der Waals surface area contributed by atoms with Crippen LogP contribution in [0.1, 0.15) is 6.92 Å². The van der Waals surface area contributed by atoms with Gasteiger partial charge < -0.3 is 15.4 Å². The van der Waals surface area contributed by atoms with Gasteiger partial charge in [-0.2, -0.15) is 0 Å². The van der Waals surface area contributed by atoms with E-state index in [9.17, 15) is 0 Å². The van der Waals surface area contributed by atoms with E-state index >= 15 is 0 Å². The third-order valence-corrected chi connectivity index (χ3v) is 1.98. The van der Waals surface area contributed by atoms with Crippen molar-refractivity contribution in [2.45, 2.75) is 6.92 Å². The quantitative estimate of drug-likeness (QED) is 0.563. The predicted octanol–water partition coefficient (Wildman–Crippen LogP) is 1.41. The zero-order valence-corrected chi connectivity index (χ0v) is 8.45. The fourth-order valence-electron chi connectivity index (χ4n) is 1.32. The van der Waals surface area contributed by atoms with Crippen LogP contribution in [0.3, 0.4) is 0 Å². The summed E-state index contributed by atoms with van der Waals surface area (Å²) in [5.74, 6) is 0.751. The smallest absolute Gasteiger partial charge is 0.193 e. The molecule has 0 aromatic heterocycles. The molecule has 1 rings (SSSR count). The lowest BCUT2D eigenvalue weighted by atomic mass is 10.2. The van der Waals surface area contributed by atoms with E-state index in [1.165, 1.54) is 0 Å². The van der Waals surface area contributed by atoms with Gasteiger partial charge in [-0.05, 0) is 19.1 Å². The Balaban J connectivity index is 3.08. The van der Waals surface area contributed by atoms with Crippen LogP contribution < -0.4 is 15.4 Å². The number of nitrogens with zero attached hydrogens (tertiary/aromatic N) is 1. The number of nitrogens with two attached hydrogens (primary N) is 1. The first-order chi connectivity index (χ1) is 6.70. The highest BCUT2D eigenvalue weighted by Gasteiger charge is 2.11. The van der Waals surface area contributed by atoms with Gasteiger partial charge in [0.2, 0.25) is 0 Å². The van der Waals surface area contributed by atoms with Crippen LogP contribution in [-0.2, 0) is 0 Å². The van der Waals surface area contributed by atoms with E-state index in [1.54, 1.807) is 12.0 Å². The standard InChI is InChI=1S/C10H15N3O/c1-3-13(10(11)12)8-6-4-5-7-9(8)14-2/h4-7H,3H2,1-2H3,(H3,11,12). The van der Waals surface area contributed by atoms with Gasteiger partial charge in [0.05, 0.1) is 12.8 Å². The second-order valence-corrected chi connectivity index (χ2v) is 2.80. The van der Waals surface area contributed by atoms with Gasteiger partial charge in [-0.25, -0.2) is 0 Å². The highest BCUT2D eigenvalue weighted by molar-refractivity contribution is 5.93. The average Bonchev–Trinajstić information content (AvgIpc) is 2.19. The van der Waals surface area contributed by atoms with Crippen molar-refractivity contribution >= 4 is 11.6 Å². The van der Waals surface area contributed by atoms with E-state index in [-0.39, 0.29) is 5.96 Å². The third-order valence-electron chi connectivity index (χ3n) is 1.98. The summed E-state index contributed by atoms with van der Waals surface area (Å²) in [6.07, 6.45) is 0. The number of benzene rings is 1. The summed E-state index contributed by atoms with van der Waals surface area (Å²) >= 11 is 0. The molecule has 0 fully saturated rings. The maximum absolute atomic E-state index is 7.41. The first-order valence-electron chi connectivity index (χ1n) is 4.45. The summed E-state index contributed by atoms with van der Waals surface area (Å²) in [5, 5.41) is 7.41. The summed E-state index contributed by atoms with van der Waals surface area (Å²) < 4.78 is 5.18. The highest BCUT2D eigenvalue weighted by Crippen LogP contribution is 2.26. The van der Waals surface area contributed by atoms with Crippen molar-refractivity contribution in [1.29, 1.82) is 5.41 Å². The van der Waals surface area contributed by atoms with Crippen LogP contribution in [0, 0.1) is 5.41 Å². The molecule has 0 spiro atoms.